The van der Waals surface area contributed by atoms with Gasteiger partial charge in [0.1, 0.15) is 4.90 Å². The second kappa shape index (κ2) is 5.43. The largest absolute Gasteiger partial charge is 0.478 e. The summed E-state index contributed by atoms with van der Waals surface area (Å²) in [5.74, 6) is -1.29. The summed E-state index contributed by atoms with van der Waals surface area (Å²) in [7, 11) is -4.14. The smallest absolute Gasteiger partial charge is 0.335 e. The van der Waals surface area contributed by atoms with Crippen LogP contribution in [0.1, 0.15) is 10.4 Å². The van der Waals surface area contributed by atoms with Crippen LogP contribution in [0.5, 0.6) is 0 Å². The highest BCUT2D eigenvalue weighted by molar-refractivity contribution is 7.89. The van der Waals surface area contributed by atoms with E-state index in [2.05, 4.69) is 5.32 Å². The Morgan fingerprint density at radius 3 is 2.29 bits per heavy atom. The number of anilines is 3. The normalized spacial score (nSPS) is 11.1. The van der Waals surface area contributed by atoms with Crippen LogP contribution in [0.2, 0.25) is 0 Å². The molecule has 0 spiro atoms. The molecular weight excluding hydrogens is 294 g/mol. The van der Waals surface area contributed by atoms with Crippen molar-refractivity contribution in [3.63, 3.8) is 0 Å². The first-order valence-electron chi connectivity index (χ1n) is 5.80. The SMILES string of the molecule is Nc1cc(C(=O)O)cc(S(N)(=O)=O)c1Nc1ccccc1. The molecule has 0 saturated carbocycles. The van der Waals surface area contributed by atoms with Crippen LogP contribution in [0.15, 0.2) is 47.4 Å². The zero-order valence-electron chi connectivity index (χ0n) is 10.8. The quantitative estimate of drug-likeness (QED) is 0.630. The molecule has 0 fully saturated rings. The molecule has 21 heavy (non-hydrogen) atoms. The summed E-state index contributed by atoms with van der Waals surface area (Å²) in [6.07, 6.45) is 0. The fourth-order valence-electron chi connectivity index (χ4n) is 1.78. The molecule has 2 aromatic carbocycles. The van der Waals surface area contributed by atoms with Gasteiger partial charge in [-0.05, 0) is 24.3 Å². The van der Waals surface area contributed by atoms with Gasteiger partial charge in [-0.25, -0.2) is 18.4 Å². The maximum atomic E-state index is 11.7. The van der Waals surface area contributed by atoms with Crippen molar-refractivity contribution in [1.29, 1.82) is 0 Å². The maximum absolute atomic E-state index is 11.7. The number of nitrogen functional groups attached to an aromatic ring is 1. The van der Waals surface area contributed by atoms with Crippen LogP contribution in [0, 0.1) is 0 Å². The van der Waals surface area contributed by atoms with Crippen molar-refractivity contribution in [1.82, 2.24) is 0 Å². The van der Waals surface area contributed by atoms with Gasteiger partial charge in [0.15, 0.2) is 0 Å². The van der Waals surface area contributed by atoms with Crippen molar-refractivity contribution in [2.24, 2.45) is 5.14 Å². The standard InChI is InChI=1S/C13H13N3O4S/c14-10-6-8(13(17)18)7-11(21(15,19)20)12(10)16-9-4-2-1-3-5-9/h1-7,16H,14H2,(H,17,18)(H2,15,19,20). The van der Waals surface area contributed by atoms with Gasteiger partial charge in [0.2, 0.25) is 10.0 Å². The van der Waals surface area contributed by atoms with Gasteiger partial charge in [0, 0.05) is 5.69 Å². The van der Waals surface area contributed by atoms with E-state index < -0.39 is 16.0 Å². The monoisotopic (exact) mass is 307 g/mol. The van der Waals surface area contributed by atoms with Gasteiger partial charge in [0.25, 0.3) is 0 Å². The van der Waals surface area contributed by atoms with E-state index in [9.17, 15) is 13.2 Å². The van der Waals surface area contributed by atoms with E-state index >= 15 is 0 Å². The van der Waals surface area contributed by atoms with E-state index in [1.165, 1.54) is 6.07 Å². The lowest BCUT2D eigenvalue weighted by Crippen LogP contribution is -2.16. The Kier molecular flexibility index (Phi) is 3.83. The lowest BCUT2D eigenvalue weighted by Gasteiger charge is -2.14. The lowest BCUT2D eigenvalue weighted by molar-refractivity contribution is 0.0696. The minimum Gasteiger partial charge on any atom is -0.478 e. The molecule has 0 aromatic heterocycles. The van der Waals surface area contributed by atoms with E-state index in [4.69, 9.17) is 16.0 Å². The number of hydrogen-bond donors (Lipinski definition) is 4. The third-order valence-corrected chi connectivity index (χ3v) is 3.66. The summed E-state index contributed by atoms with van der Waals surface area (Å²) in [6.45, 7) is 0. The number of nitrogens with two attached hydrogens (primary N) is 2. The van der Waals surface area contributed by atoms with Gasteiger partial charge < -0.3 is 16.2 Å². The number of aromatic carboxylic acids is 1. The van der Waals surface area contributed by atoms with Crippen LogP contribution in [-0.2, 0) is 10.0 Å². The maximum Gasteiger partial charge on any atom is 0.335 e. The number of carboxylic acids is 1. The van der Waals surface area contributed by atoms with Crippen molar-refractivity contribution in [3.8, 4) is 0 Å². The molecule has 0 aliphatic heterocycles. The van der Waals surface area contributed by atoms with Crippen LogP contribution in [0.4, 0.5) is 17.1 Å². The molecule has 0 saturated heterocycles. The molecule has 0 unspecified atom stereocenters. The van der Waals surface area contributed by atoms with Gasteiger partial charge in [-0.1, -0.05) is 18.2 Å². The zero-order valence-corrected chi connectivity index (χ0v) is 11.6. The molecule has 0 bridgehead atoms. The molecule has 6 N–H and O–H groups in total. The van der Waals surface area contributed by atoms with Crippen molar-refractivity contribution >= 4 is 33.1 Å². The summed E-state index contributed by atoms with van der Waals surface area (Å²) >= 11 is 0. The number of carbonyl (C=O) groups is 1. The highest BCUT2D eigenvalue weighted by Gasteiger charge is 2.20. The third-order valence-electron chi connectivity index (χ3n) is 2.73. The van der Waals surface area contributed by atoms with Crippen LogP contribution in [-0.4, -0.2) is 19.5 Å². The summed E-state index contributed by atoms with van der Waals surface area (Å²) in [4.78, 5) is 10.6. The molecule has 7 nitrogen and oxygen atoms in total. The van der Waals surface area contributed by atoms with E-state index in [0.717, 1.165) is 6.07 Å². The number of sulfonamides is 1. The van der Waals surface area contributed by atoms with E-state index in [1.807, 2.05) is 0 Å². The Morgan fingerprint density at radius 1 is 1.14 bits per heavy atom. The van der Waals surface area contributed by atoms with E-state index in [0.29, 0.717) is 5.69 Å². The van der Waals surface area contributed by atoms with Crippen molar-refractivity contribution in [3.05, 3.63) is 48.0 Å². The van der Waals surface area contributed by atoms with Crippen LogP contribution >= 0.6 is 0 Å². The Hall–Kier alpha value is -2.58. The molecule has 2 aromatic rings. The summed E-state index contributed by atoms with van der Waals surface area (Å²) in [6, 6.07) is 10.8. The fourth-order valence-corrected chi connectivity index (χ4v) is 2.53. The van der Waals surface area contributed by atoms with Gasteiger partial charge >= 0.3 is 5.97 Å². The average molecular weight is 307 g/mol. The van der Waals surface area contributed by atoms with Gasteiger partial charge in [-0.2, -0.15) is 0 Å². The number of rotatable bonds is 4. The first-order valence-corrected chi connectivity index (χ1v) is 7.35. The minimum atomic E-state index is -4.14. The average Bonchev–Trinajstić information content (AvgIpc) is 2.40. The van der Waals surface area contributed by atoms with Crippen molar-refractivity contribution in [2.45, 2.75) is 4.90 Å². The molecule has 0 aliphatic rings. The second-order valence-corrected chi connectivity index (χ2v) is 5.81. The lowest BCUT2D eigenvalue weighted by atomic mass is 10.1. The number of benzene rings is 2. The highest BCUT2D eigenvalue weighted by Crippen LogP contribution is 2.31. The minimum absolute atomic E-state index is 0.0252. The summed E-state index contributed by atoms with van der Waals surface area (Å²) in [5.41, 5.74) is 6.12. The van der Waals surface area contributed by atoms with Crippen LogP contribution < -0.4 is 16.2 Å². The second-order valence-electron chi connectivity index (χ2n) is 4.28. The molecule has 110 valence electrons. The summed E-state index contributed by atoms with van der Waals surface area (Å²) in [5, 5.41) is 16.9. The Bertz CT molecular complexity index is 789. The predicted octanol–water partition coefficient (Wildman–Crippen LogP) is 1.36. The Morgan fingerprint density at radius 2 is 1.76 bits per heavy atom. The van der Waals surface area contributed by atoms with Gasteiger partial charge in [0.05, 0.1) is 16.9 Å². The van der Waals surface area contributed by atoms with Gasteiger partial charge in [-0.15, -0.1) is 0 Å². The zero-order chi connectivity index (χ0) is 15.6. The number of nitrogens with one attached hydrogen (secondary N) is 1. The Labute approximate surface area is 121 Å². The number of hydrogen-bond acceptors (Lipinski definition) is 5. The molecule has 0 aliphatic carbocycles. The molecule has 0 heterocycles. The van der Waals surface area contributed by atoms with E-state index in [-0.39, 0.29) is 21.8 Å². The molecule has 8 heteroatoms. The molecule has 0 amide bonds. The van der Waals surface area contributed by atoms with Crippen LogP contribution in [0.3, 0.4) is 0 Å². The first kappa shape index (κ1) is 14.8. The Balaban J connectivity index is 2.62. The van der Waals surface area contributed by atoms with Crippen molar-refractivity contribution < 1.29 is 18.3 Å². The van der Waals surface area contributed by atoms with Gasteiger partial charge in [-0.3, -0.25) is 0 Å². The highest BCUT2D eigenvalue weighted by atomic mass is 32.2. The molecule has 2 rings (SSSR count). The fraction of sp³-hybridized carbons (Fsp3) is 0. The predicted molar refractivity (Wildman–Crippen MR) is 78.9 cm³/mol. The van der Waals surface area contributed by atoms with Crippen LogP contribution in [0.25, 0.3) is 0 Å². The number of primary sulfonamides is 1. The third kappa shape index (κ3) is 3.30. The van der Waals surface area contributed by atoms with Crippen molar-refractivity contribution in [2.75, 3.05) is 11.1 Å². The number of para-hydroxylation sites is 1. The molecule has 0 atom stereocenters. The topological polar surface area (TPSA) is 136 Å². The first-order chi connectivity index (χ1) is 9.79. The number of carboxylic acid groups (broad SMARTS) is 1. The molecular formula is C13H13N3O4S. The van der Waals surface area contributed by atoms with E-state index in [1.54, 1.807) is 30.3 Å². The summed E-state index contributed by atoms with van der Waals surface area (Å²) < 4.78 is 23.3. The molecule has 0 radical (unpaired) electrons.